The van der Waals surface area contributed by atoms with Crippen LogP contribution in [0.4, 0.5) is 5.69 Å². The van der Waals surface area contributed by atoms with Gasteiger partial charge >= 0.3 is 0 Å². The Kier molecular flexibility index (Phi) is 5.38. The quantitative estimate of drug-likeness (QED) is 0.546. The van der Waals surface area contributed by atoms with E-state index in [0.717, 1.165) is 36.6 Å². The largest absolute Gasteiger partial charge is 0.306 e. The summed E-state index contributed by atoms with van der Waals surface area (Å²) in [7, 11) is -3.33. The molecular formula is C17H22N4O3S2. The van der Waals surface area contributed by atoms with Gasteiger partial charge in [-0.2, -0.15) is 0 Å². The number of Topliss-reactive ketones (excluding diaryl/α,β-unsaturated/α-hetero) is 1. The van der Waals surface area contributed by atoms with Crippen LogP contribution in [0.15, 0.2) is 29.4 Å². The fraction of sp³-hybridized carbons (Fsp3) is 0.471. The molecule has 1 aliphatic rings. The predicted molar refractivity (Wildman–Crippen MR) is 102 cm³/mol. The van der Waals surface area contributed by atoms with E-state index in [-0.39, 0.29) is 11.0 Å². The fourth-order valence-corrected chi connectivity index (χ4v) is 4.25. The number of carbonyl (C=O) groups excluding carboxylic acids is 1. The molecule has 1 saturated carbocycles. The number of carbonyl (C=O) groups is 1. The molecule has 1 heterocycles. The lowest BCUT2D eigenvalue weighted by Crippen LogP contribution is -2.15. The van der Waals surface area contributed by atoms with E-state index in [2.05, 4.69) is 26.4 Å². The van der Waals surface area contributed by atoms with Gasteiger partial charge in [-0.3, -0.25) is 9.52 Å². The maximum absolute atomic E-state index is 12.7. The average molecular weight is 395 g/mol. The van der Waals surface area contributed by atoms with Gasteiger partial charge in [-0.25, -0.2) is 8.42 Å². The standard InChI is InChI=1S/C17H22N4O3S2/c1-4-21-16(13-5-6-13)18-19-17(21)25-11(2)15(22)12-7-9-14(10-8-12)20-26(3,23)24/h7-11,13,20H,4-6H2,1-3H3/t11-/m1/s1. The third kappa shape index (κ3) is 4.45. The van der Waals surface area contributed by atoms with Gasteiger partial charge < -0.3 is 4.57 Å². The zero-order chi connectivity index (χ0) is 18.9. The van der Waals surface area contributed by atoms with Crippen molar-refractivity contribution in [3.63, 3.8) is 0 Å². The zero-order valence-electron chi connectivity index (χ0n) is 15.0. The Hall–Kier alpha value is -1.87. The van der Waals surface area contributed by atoms with Gasteiger partial charge in [-0.05, 0) is 51.0 Å². The number of hydrogen-bond donors (Lipinski definition) is 1. The molecule has 1 atom stereocenters. The van der Waals surface area contributed by atoms with Crippen molar-refractivity contribution in [3.05, 3.63) is 35.7 Å². The Balaban J connectivity index is 1.70. The first-order chi connectivity index (χ1) is 12.3. The molecule has 0 bridgehead atoms. The van der Waals surface area contributed by atoms with E-state index in [1.807, 2.05) is 6.92 Å². The molecule has 3 rings (SSSR count). The van der Waals surface area contributed by atoms with Crippen LogP contribution in [0.2, 0.25) is 0 Å². The van der Waals surface area contributed by atoms with Gasteiger partial charge in [0.2, 0.25) is 10.0 Å². The molecule has 140 valence electrons. The van der Waals surface area contributed by atoms with E-state index in [1.165, 1.54) is 11.8 Å². The number of nitrogens with one attached hydrogen (secondary N) is 1. The van der Waals surface area contributed by atoms with Crippen molar-refractivity contribution in [2.45, 2.75) is 49.6 Å². The van der Waals surface area contributed by atoms with E-state index in [4.69, 9.17) is 0 Å². The number of rotatable bonds is 8. The lowest BCUT2D eigenvalue weighted by atomic mass is 10.1. The van der Waals surface area contributed by atoms with Crippen LogP contribution in [0.3, 0.4) is 0 Å². The number of ketones is 1. The molecule has 9 heteroatoms. The van der Waals surface area contributed by atoms with E-state index in [1.54, 1.807) is 24.3 Å². The first-order valence-corrected chi connectivity index (χ1v) is 11.3. The lowest BCUT2D eigenvalue weighted by Gasteiger charge is -2.12. The first kappa shape index (κ1) is 18.9. The van der Waals surface area contributed by atoms with Crippen LogP contribution in [0.1, 0.15) is 48.8 Å². The highest BCUT2D eigenvalue weighted by Gasteiger charge is 2.30. The summed E-state index contributed by atoms with van der Waals surface area (Å²) in [4.78, 5) is 12.7. The summed E-state index contributed by atoms with van der Waals surface area (Å²) in [6.07, 6.45) is 3.40. The Morgan fingerprint density at radius 1 is 1.31 bits per heavy atom. The summed E-state index contributed by atoms with van der Waals surface area (Å²) in [5.74, 6) is 1.50. The van der Waals surface area contributed by atoms with E-state index < -0.39 is 10.0 Å². The Morgan fingerprint density at radius 3 is 2.50 bits per heavy atom. The first-order valence-electron chi connectivity index (χ1n) is 8.50. The molecule has 0 amide bonds. The number of aromatic nitrogens is 3. The summed E-state index contributed by atoms with van der Waals surface area (Å²) in [5.41, 5.74) is 0.971. The van der Waals surface area contributed by atoms with Crippen molar-refractivity contribution in [2.24, 2.45) is 0 Å². The predicted octanol–water partition coefficient (Wildman–Crippen LogP) is 2.91. The van der Waals surface area contributed by atoms with Crippen molar-refractivity contribution >= 4 is 33.3 Å². The van der Waals surface area contributed by atoms with Gasteiger partial charge in [-0.15, -0.1) is 10.2 Å². The summed E-state index contributed by atoms with van der Waals surface area (Å²) >= 11 is 1.41. The number of nitrogens with zero attached hydrogens (tertiary/aromatic N) is 3. The fourth-order valence-electron chi connectivity index (χ4n) is 2.69. The molecule has 2 aromatic rings. The molecule has 0 radical (unpaired) electrons. The summed E-state index contributed by atoms with van der Waals surface area (Å²) in [5, 5.41) is 9.02. The van der Waals surface area contributed by atoms with Crippen LogP contribution in [-0.4, -0.2) is 40.5 Å². The second kappa shape index (κ2) is 7.40. The van der Waals surface area contributed by atoms with E-state index in [0.29, 0.717) is 17.2 Å². The number of benzene rings is 1. The van der Waals surface area contributed by atoms with Crippen molar-refractivity contribution in [2.75, 3.05) is 11.0 Å². The van der Waals surface area contributed by atoms with Gasteiger partial charge in [0, 0.05) is 23.7 Å². The topological polar surface area (TPSA) is 94.0 Å². The molecule has 1 aliphatic carbocycles. The van der Waals surface area contributed by atoms with Gasteiger partial charge in [0.15, 0.2) is 10.9 Å². The van der Waals surface area contributed by atoms with Crippen LogP contribution in [-0.2, 0) is 16.6 Å². The second-order valence-corrected chi connectivity index (χ2v) is 9.49. The number of thioether (sulfide) groups is 1. The van der Waals surface area contributed by atoms with Crippen molar-refractivity contribution in [3.8, 4) is 0 Å². The summed E-state index contributed by atoms with van der Waals surface area (Å²) in [6.45, 7) is 4.69. The smallest absolute Gasteiger partial charge is 0.229 e. The van der Waals surface area contributed by atoms with Gasteiger partial charge in [0.1, 0.15) is 5.82 Å². The maximum atomic E-state index is 12.7. The zero-order valence-corrected chi connectivity index (χ0v) is 16.6. The Morgan fingerprint density at radius 2 is 1.96 bits per heavy atom. The lowest BCUT2D eigenvalue weighted by molar-refractivity contribution is 0.0994. The third-order valence-electron chi connectivity index (χ3n) is 4.13. The SMILES string of the molecule is CCn1c(S[C@H](C)C(=O)c2ccc(NS(C)(=O)=O)cc2)nnc1C1CC1. The van der Waals surface area contributed by atoms with Crippen molar-refractivity contribution in [1.29, 1.82) is 0 Å². The number of hydrogen-bond acceptors (Lipinski definition) is 6. The molecule has 1 aromatic heterocycles. The minimum Gasteiger partial charge on any atom is -0.306 e. The highest BCUT2D eigenvalue weighted by atomic mass is 32.2. The van der Waals surface area contributed by atoms with Gasteiger partial charge in [0.05, 0.1) is 11.5 Å². The number of sulfonamides is 1. The second-order valence-electron chi connectivity index (χ2n) is 6.44. The normalized spacial score (nSPS) is 15.7. The molecule has 1 fully saturated rings. The minimum absolute atomic E-state index is 0.0282. The molecule has 1 N–H and O–H groups in total. The van der Waals surface area contributed by atoms with Crippen LogP contribution in [0.25, 0.3) is 0 Å². The van der Waals surface area contributed by atoms with Gasteiger partial charge in [-0.1, -0.05) is 11.8 Å². The molecule has 0 aliphatic heterocycles. The van der Waals surface area contributed by atoms with E-state index >= 15 is 0 Å². The van der Waals surface area contributed by atoms with Crippen LogP contribution >= 0.6 is 11.8 Å². The van der Waals surface area contributed by atoms with Crippen LogP contribution < -0.4 is 4.72 Å². The summed E-state index contributed by atoms with van der Waals surface area (Å²) in [6, 6.07) is 6.44. The highest BCUT2D eigenvalue weighted by molar-refractivity contribution is 8.00. The van der Waals surface area contributed by atoms with Crippen molar-refractivity contribution in [1.82, 2.24) is 14.8 Å². The molecule has 26 heavy (non-hydrogen) atoms. The molecule has 0 spiro atoms. The number of anilines is 1. The maximum Gasteiger partial charge on any atom is 0.229 e. The van der Waals surface area contributed by atoms with Crippen molar-refractivity contribution < 1.29 is 13.2 Å². The molecule has 0 saturated heterocycles. The molecular weight excluding hydrogens is 372 g/mol. The third-order valence-corrected chi connectivity index (χ3v) is 5.82. The molecule has 0 unspecified atom stereocenters. The Bertz CT molecular complexity index is 903. The monoisotopic (exact) mass is 394 g/mol. The molecule has 1 aromatic carbocycles. The van der Waals surface area contributed by atoms with Gasteiger partial charge in [0.25, 0.3) is 0 Å². The molecule has 7 nitrogen and oxygen atoms in total. The highest BCUT2D eigenvalue weighted by Crippen LogP contribution is 2.40. The average Bonchev–Trinajstić information content (AvgIpc) is 3.34. The minimum atomic E-state index is -3.33. The van der Waals surface area contributed by atoms with E-state index in [9.17, 15) is 13.2 Å². The summed E-state index contributed by atoms with van der Waals surface area (Å²) < 4.78 is 27.0. The van der Waals surface area contributed by atoms with Crippen LogP contribution in [0, 0.1) is 0 Å². The van der Waals surface area contributed by atoms with Crippen LogP contribution in [0.5, 0.6) is 0 Å². The Labute approximate surface area is 157 Å².